The van der Waals surface area contributed by atoms with Crippen molar-refractivity contribution in [3.63, 3.8) is 0 Å². The van der Waals surface area contributed by atoms with E-state index in [4.69, 9.17) is 9.47 Å². The van der Waals surface area contributed by atoms with E-state index in [2.05, 4.69) is 10.2 Å². The lowest BCUT2D eigenvalue weighted by Gasteiger charge is -2.41. The van der Waals surface area contributed by atoms with E-state index in [9.17, 15) is 31.1 Å². The van der Waals surface area contributed by atoms with Crippen LogP contribution in [0, 0.1) is 5.41 Å². The van der Waals surface area contributed by atoms with Gasteiger partial charge in [-0.05, 0) is 96.2 Å². The first-order valence-electron chi connectivity index (χ1n) is 12.6. The lowest BCUT2D eigenvalue weighted by Crippen LogP contribution is -2.49. The van der Waals surface area contributed by atoms with Gasteiger partial charge in [-0.25, -0.2) is 0 Å². The first kappa shape index (κ1) is 28.3. The molecule has 5 nitrogen and oxygen atoms in total. The molecule has 214 valence electrons. The van der Waals surface area contributed by atoms with Crippen LogP contribution in [-0.4, -0.2) is 30.7 Å². The predicted octanol–water partition coefficient (Wildman–Crippen LogP) is 6.66. The quantitative estimate of drug-likeness (QED) is 0.316. The van der Waals surface area contributed by atoms with Crippen molar-refractivity contribution in [3.05, 3.63) is 81.0 Å². The average Bonchev–Trinajstić information content (AvgIpc) is 3.59. The third kappa shape index (κ3) is 6.38. The van der Waals surface area contributed by atoms with E-state index in [-0.39, 0.29) is 24.3 Å². The third-order valence-corrected chi connectivity index (χ3v) is 8.09. The van der Waals surface area contributed by atoms with Crippen molar-refractivity contribution < 1.29 is 40.6 Å². The largest absolute Gasteiger partial charge is 0.454 e. The first-order valence-corrected chi connectivity index (χ1v) is 13.5. The zero-order valence-electron chi connectivity index (χ0n) is 21.2. The number of rotatable bonds is 7. The van der Waals surface area contributed by atoms with Crippen molar-refractivity contribution in [2.75, 3.05) is 19.9 Å². The second kappa shape index (κ2) is 11.0. The standard InChI is InChI=1S/C28H26F6N2O3S/c29-27(30,31)21-9-20(10-22(12-21)28(32,33)34)14-35-25(37)26(13-19-3-8-40-16-19)4-6-36(7-5-26)15-18-1-2-23-24(11-18)39-17-38-23/h1-3,8-12,16H,4-7,13-15,17H2,(H,35,37). The van der Waals surface area contributed by atoms with Gasteiger partial charge in [0.1, 0.15) is 0 Å². The number of ether oxygens (including phenoxy) is 2. The summed E-state index contributed by atoms with van der Waals surface area (Å²) in [5.41, 5.74) is -1.93. The molecule has 3 heterocycles. The maximum atomic E-state index is 13.6. The number of halogens is 6. The number of fused-ring (bicyclic) bond motifs is 1. The maximum Gasteiger partial charge on any atom is 0.416 e. The Bertz CT molecular complexity index is 1320. The number of nitrogens with one attached hydrogen (secondary N) is 1. The van der Waals surface area contributed by atoms with Gasteiger partial charge in [0.2, 0.25) is 12.7 Å². The molecule has 1 N–H and O–H groups in total. The van der Waals surface area contributed by atoms with Crippen molar-refractivity contribution >= 4 is 17.2 Å². The summed E-state index contributed by atoms with van der Waals surface area (Å²) in [5, 5.41) is 6.49. The van der Waals surface area contributed by atoms with Gasteiger partial charge in [-0.1, -0.05) is 6.07 Å². The fourth-order valence-electron chi connectivity index (χ4n) is 5.20. The third-order valence-electron chi connectivity index (χ3n) is 7.36. The molecule has 3 aromatic rings. The van der Waals surface area contributed by atoms with Crippen molar-refractivity contribution in [1.82, 2.24) is 10.2 Å². The Labute approximate surface area is 230 Å². The molecule has 1 saturated heterocycles. The minimum Gasteiger partial charge on any atom is -0.454 e. The lowest BCUT2D eigenvalue weighted by atomic mass is 9.73. The summed E-state index contributed by atoms with van der Waals surface area (Å²) in [4.78, 5) is 15.8. The predicted molar refractivity (Wildman–Crippen MR) is 136 cm³/mol. The van der Waals surface area contributed by atoms with E-state index in [1.165, 1.54) is 11.3 Å². The van der Waals surface area contributed by atoms with Crippen LogP contribution in [0.5, 0.6) is 11.5 Å². The van der Waals surface area contributed by atoms with Crippen molar-refractivity contribution in [2.45, 2.75) is 44.7 Å². The summed E-state index contributed by atoms with van der Waals surface area (Å²) in [6.45, 7) is 1.55. The monoisotopic (exact) mass is 584 g/mol. The summed E-state index contributed by atoms with van der Waals surface area (Å²) in [7, 11) is 0. The van der Waals surface area contributed by atoms with Gasteiger partial charge in [0, 0.05) is 13.1 Å². The summed E-state index contributed by atoms with van der Waals surface area (Å²) in [6.07, 6.45) is -8.52. The zero-order chi connectivity index (χ0) is 28.5. The molecule has 5 rings (SSSR count). The number of hydrogen-bond donors (Lipinski definition) is 1. The summed E-state index contributed by atoms with van der Waals surface area (Å²) < 4.78 is 90.5. The van der Waals surface area contributed by atoms with Gasteiger partial charge >= 0.3 is 12.4 Å². The number of carbonyl (C=O) groups excluding carboxylic acids is 1. The Balaban J connectivity index is 1.30. The maximum absolute atomic E-state index is 13.6. The van der Waals surface area contributed by atoms with Crippen molar-refractivity contribution in [2.24, 2.45) is 5.41 Å². The fraction of sp³-hybridized carbons (Fsp3) is 0.393. The van der Waals surface area contributed by atoms with Gasteiger partial charge in [-0.3, -0.25) is 9.69 Å². The van der Waals surface area contributed by atoms with E-state index in [0.717, 1.165) is 11.1 Å². The highest BCUT2D eigenvalue weighted by Crippen LogP contribution is 2.39. The Morgan fingerprint density at radius 3 is 2.17 bits per heavy atom. The molecule has 1 aromatic heterocycles. The van der Waals surface area contributed by atoms with Crippen LogP contribution in [0.15, 0.2) is 53.2 Å². The number of alkyl halides is 6. The summed E-state index contributed by atoms with van der Waals surface area (Å²) >= 11 is 1.49. The number of likely N-dealkylation sites (tertiary alicyclic amines) is 1. The second-order valence-corrected chi connectivity index (χ2v) is 10.9. The molecule has 0 bridgehead atoms. The number of piperidine rings is 1. The molecule has 1 fully saturated rings. The van der Waals surface area contributed by atoms with Gasteiger partial charge in [-0.2, -0.15) is 37.7 Å². The number of thiophene rings is 1. The van der Waals surface area contributed by atoms with E-state index in [1.54, 1.807) is 0 Å². The van der Waals surface area contributed by atoms with Crippen molar-refractivity contribution in [1.29, 1.82) is 0 Å². The van der Waals surface area contributed by atoms with Crippen LogP contribution in [0.4, 0.5) is 26.3 Å². The van der Waals surface area contributed by atoms with Crippen molar-refractivity contribution in [3.8, 4) is 11.5 Å². The minimum absolute atomic E-state index is 0.0826. The molecule has 0 radical (unpaired) electrons. The molecule has 2 aromatic carbocycles. The Morgan fingerprint density at radius 1 is 0.875 bits per heavy atom. The first-order chi connectivity index (χ1) is 18.9. The fourth-order valence-corrected chi connectivity index (χ4v) is 5.86. The van der Waals surface area contributed by atoms with Crippen LogP contribution in [0.25, 0.3) is 0 Å². The van der Waals surface area contributed by atoms with E-state index in [0.29, 0.717) is 62.5 Å². The highest BCUT2D eigenvalue weighted by Gasteiger charge is 2.42. The molecule has 0 saturated carbocycles. The molecule has 2 aliphatic heterocycles. The van der Waals surface area contributed by atoms with Crippen LogP contribution >= 0.6 is 11.3 Å². The lowest BCUT2D eigenvalue weighted by molar-refractivity contribution is -0.143. The number of nitrogens with zero attached hydrogens (tertiary/aromatic N) is 1. The second-order valence-electron chi connectivity index (χ2n) is 10.1. The van der Waals surface area contributed by atoms with Crippen LogP contribution in [-0.2, 0) is 36.7 Å². The zero-order valence-corrected chi connectivity index (χ0v) is 22.0. The SMILES string of the molecule is O=C(NCc1cc(C(F)(F)F)cc(C(F)(F)F)c1)C1(Cc2ccsc2)CCN(Cc2ccc3c(c2)OCO3)CC1. The van der Waals surface area contributed by atoms with Crippen LogP contribution in [0.2, 0.25) is 0 Å². The van der Waals surface area contributed by atoms with Crippen LogP contribution < -0.4 is 14.8 Å². The van der Waals surface area contributed by atoms with Crippen LogP contribution in [0.1, 0.15) is 40.7 Å². The van der Waals surface area contributed by atoms with Gasteiger partial charge in [0.25, 0.3) is 0 Å². The van der Waals surface area contributed by atoms with E-state index >= 15 is 0 Å². The van der Waals surface area contributed by atoms with Crippen LogP contribution in [0.3, 0.4) is 0 Å². The molecule has 0 unspecified atom stereocenters. The van der Waals surface area contributed by atoms with Gasteiger partial charge in [0.15, 0.2) is 11.5 Å². The van der Waals surface area contributed by atoms with E-state index in [1.807, 2.05) is 35.0 Å². The Hall–Kier alpha value is -3.25. The van der Waals surface area contributed by atoms with E-state index < -0.39 is 35.4 Å². The molecule has 0 atom stereocenters. The van der Waals surface area contributed by atoms with Gasteiger partial charge in [-0.15, -0.1) is 0 Å². The molecule has 1 amide bonds. The molecular formula is C28H26F6N2O3S. The summed E-state index contributed by atoms with van der Waals surface area (Å²) in [5.74, 6) is 0.994. The molecule has 40 heavy (non-hydrogen) atoms. The number of carbonyl (C=O) groups is 1. The average molecular weight is 585 g/mol. The molecule has 0 spiro atoms. The number of hydrogen-bond acceptors (Lipinski definition) is 5. The summed E-state index contributed by atoms with van der Waals surface area (Å²) in [6, 6.07) is 9.03. The number of benzene rings is 2. The smallest absolute Gasteiger partial charge is 0.416 e. The highest BCUT2D eigenvalue weighted by molar-refractivity contribution is 7.07. The Kier molecular flexibility index (Phi) is 7.75. The Morgan fingerprint density at radius 2 is 1.55 bits per heavy atom. The molecule has 12 heteroatoms. The van der Waals surface area contributed by atoms with Gasteiger partial charge < -0.3 is 14.8 Å². The molecular weight excluding hydrogens is 558 g/mol. The minimum atomic E-state index is -4.95. The highest BCUT2D eigenvalue weighted by atomic mass is 32.1. The molecule has 0 aliphatic carbocycles. The van der Waals surface area contributed by atoms with Gasteiger partial charge in [0.05, 0.1) is 16.5 Å². The topological polar surface area (TPSA) is 50.8 Å². The number of amides is 1. The normalized spacial score (nSPS) is 17.1. The molecule has 2 aliphatic rings.